The molecular formula is C16H22N2O4. The van der Waals surface area contributed by atoms with E-state index in [1.807, 2.05) is 6.92 Å². The number of aromatic carboxylic acids is 1. The van der Waals surface area contributed by atoms with Crippen molar-refractivity contribution < 1.29 is 19.5 Å². The lowest BCUT2D eigenvalue weighted by molar-refractivity contribution is -0.128. The number of amides is 2. The number of carboxylic acid groups (broad SMARTS) is 1. The van der Waals surface area contributed by atoms with Gasteiger partial charge >= 0.3 is 5.97 Å². The second-order valence-corrected chi connectivity index (χ2v) is 5.48. The Balaban J connectivity index is 2.67. The molecule has 0 atom stereocenters. The summed E-state index contributed by atoms with van der Waals surface area (Å²) in [6.07, 6.45) is 0.989. The Hall–Kier alpha value is -2.37. The number of aryl methyl sites for hydroxylation is 2. The van der Waals surface area contributed by atoms with Crippen molar-refractivity contribution in [3.8, 4) is 0 Å². The maximum atomic E-state index is 11.9. The van der Waals surface area contributed by atoms with Crippen molar-refractivity contribution in [3.63, 3.8) is 0 Å². The molecule has 1 rings (SSSR count). The van der Waals surface area contributed by atoms with Crippen LogP contribution >= 0.6 is 0 Å². The van der Waals surface area contributed by atoms with E-state index in [9.17, 15) is 14.4 Å². The lowest BCUT2D eigenvalue weighted by atomic mass is 10.0. The van der Waals surface area contributed by atoms with Crippen LogP contribution in [0.2, 0.25) is 0 Å². The Morgan fingerprint density at radius 3 is 2.27 bits per heavy atom. The van der Waals surface area contributed by atoms with Crippen molar-refractivity contribution in [3.05, 3.63) is 28.8 Å². The fraction of sp³-hybridized carbons (Fsp3) is 0.438. The third-order valence-electron chi connectivity index (χ3n) is 3.37. The van der Waals surface area contributed by atoms with Crippen LogP contribution in [0.3, 0.4) is 0 Å². The summed E-state index contributed by atoms with van der Waals surface area (Å²) in [5, 5.41) is 11.8. The predicted molar refractivity (Wildman–Crippen MR) is 84.1 cm³/mol. The Labute approximate surface area is 130 Å². The van der Waals surface area contributed by atoms with Crippen LogP contribution < -0.4 is 5.32 Å². The van der Waals surface area contributed by atoms with E-state index in [4.69, 9.17) is 5.11 Å². The number of nitrogens with one attached hydrogen (secondary N) is 1. The smallest absolute Gasteiger partial charge is 0.336 e. The highest BCUT2D eigenvalue weighted by Crippen LogP contribution is 2.21. The molecule has 0 fully saturated rings. The molecule has 0 heterocycles. The summed E-state index contributed by atoms with van der Waals surface area (Å²) in [4.78, 5) is 35.9. The van der Waals surface area contributed by atoms with E-state index in [1.165, 1.54) is 11.0 Å². The number of anilines is 1. The Bertz CT molecular complexity index is 594. The highest BCUT2D eigenvalue weighted by molar-refractivity contribution is 5.95. The zero-order valence-corrected chi connectivity index (χ0v) is 13.4. The van der Waals surface area contributed by atoms with Gasteiger partial charge in [-0.25, -0.2) is 4.79 Å². The molecule has 0 aliphatic carbocycles. The molecule has 0 bridgehead atoms. The van der Waals surface area contributed by atoms with Crippen LogP contribution in [0.4, 0.5) is 5.69 Å². The minimum Gasteiger partial charge on any atom is -0.478 e. The van der Waals surface area contributed by atoms with Crippen molar-refractivity contribution in [2.45, 2.75) is 33.1 Å². The van der Waals surface area contributed by atoms with Crippen molar-refractivity contribution >= 4 is 23.5 Å². The number of benzene rings is 1. The molecule has 1 aromatic carbocycles. The average Bonchev–Trinajstić information content (AvgIpc) is 2.41. The van der Waals surface area contributed by atoms with Crippen LogP contribution in [0.25, 0.3) is 0 Å². The third-order valence-corrected chi connectivity index (χ3v) is 3.37. The first-order valence-corrected chi connectivity index (χ1v) is 7.07. The molecule has 0 unspecified atom stereocenters. The lowest BCUT2D eigenvalue weighted by Gasteiger charge is -2.12. The standard InChI is InChI=1S/C16H22N2O4/c1-10-8-11(2)13(9-12(10)16(21)22)17-14(19)6-5-7-15(20)18(3)4/h8-9H,5-7H2,1-4H3,(H,17,19)(H,21,22). The summed E-state index contributed by atoms with van der Waals surface area (Å²) in [5.74, 6) is -1.27. The lowest BCUT2D eigenvalue weighted by Crippen LogP contribution is -2.22. The van der Waals surface area contributed by atoms with Gasteiger partial charge in [-0.1, -0.05) is 6.07 Å². The van der Waals surface area contributed by atoms with Gasteiger partial charge in [-0.3, -0.25) is 9.59 Å². The first-order chi connectivity index (χ1) is 10.2. The molecule has 1 aromatic rings. The van der Waals surface area contributed by atoms with Gasteiger partial charge in [-0.2, -0.15) is 0 Å². The molecule has 0 saturated carbocycles. The van der Waals surface area contributed by atoms with Gasteiger partial charge < -0.3 is 15.3 Å². The van der Waals surface area contributed by atoms with Crippen molar-refractivity contribution in [1.82, 2.24) is 4.90 Å². The molecule has 0 aromatic heterocycles. The minimum absolute atomic E-state index is 0.0209. The molecule has 2 N–H and O–H groups in total. The maximum Gasteiger partial charge on any atom is 0.336 e. The number of carbonyl (C=O) groups is 3. The molecule has 0 spiro atoms. The average molecular weight is 306 g/mol. The summed E-state index contributed by atoms with van der Waals surface area (Å²) < 4.78 is 0. The van der Waals surface area contributed by atoms with Gasteiger partial charge in [0.25, 0.3) is 0 Å². The Morgan fingerprint density at radius 2 is 1.73 bits per heavy atom. The molecule has 0 aliphatic rings. The number of hydrogen-bond donors (Lipinski definition) is 2. The summed E-state index contributed by atoms with van der Waals surface area (Å²) in [6.45, 7) is 3.53. The molecule has 120 valence electrons. The first kappa shape index (κ1) is 17.7. The van der Waals surface area contributed by atoms with Crippen LogP contribution in [-0.4, -0.2) is 41.9 Å². The first-order valence-electron chi connectivity index (χ1n) is 7.07. The van der Waals surface area contributed by atoms with E-state index in [-0.39, 0.29) is 23.8 Å². The van der Waals surface area contributed by atoms with Gasteiger partial charge in [0.2, 0.25) is 11.8 Å². The second kappa shape index (κ2) is 7.59. The van der Waals surface area contributed by atoms with E-state index in [1.54, 1.807) is 27.1 Å². The van der Waals surface area contributed by atoms with Crippen LogP contribution in [-0.2, 0) is 9.59 Å². The van der Waals surface area contributed by atoms with E-state index in [0.717, 1.165) is 5.56 Å². The van der Waals surface area contributed by atoms with Gasteiger partial charge in [0.05, 0.1) is 5.56 Å². The molecule has 0 saturated heterocycles. The second-order valence-electron chi connectivity index (χ2n) is 5.48. The van der Waals surface area contributed by atoms with E-state index in [0.29, 0.717) is 24.1 Å². The third kappa shape index (κ3) is 4.87. The molecule has 0 radical (unpaired) electrons. The number of carbonyl (C=O) groups excluding carboxylic acids is 2. The topological polar surface area (TPSA) is 86.7 Å². The molecule has 6 nitrogen and oxygen atoms in total. The summed E-state index contributed by atoms with van der Waals surface area (Å²) in [5.41, 5.74) is 2.12. The summed E-state index contributed by atoms with van der Waals surface area (Å²) >= 11 is 0. The normalized spacial score (nSPS) is 10.2. The maximum absolute atomic E-state index is 11.9. The minimum atomic E-state index is -1.02. The fourth-order valence-electron chi connectivity index (χ4n) is 2.05. The highest BCUT2D eigenvalue weighted by atomic mass is 16.4. The SMILES string of the molecule is Cc1cc(C)c(C(=O)O)cc1NC(=O)CCCC(=O)N(C)C. The van der Waals surface area contributed by atoms with Crippen LogP contribution in [0.15, 0.2) is 12.1 Å². The van der Waals surface area contributed by atoms with Gasteiger partial charge in [0.1, 0.15) is 0 Å². The summed E-state index contributed by atoms with van der Waals surface area (Å²) in [7, 11) is 3.34. The number of carboxylic acids is 1. The fourth-order valence-corrected chi connectivity index (χ4v) is 2.05. The summed E-state index contributed by atoms with van der Waals surface area (Å²) in [6, 6.07) is 3.20. The number of rotatable bonds is 6. The van der Waals surface area contributed by atoms with E-state index >= 15 is 0 Å². The predicted octanol–water partition coefficient (Wildman–Crippen LogP) is 2.20. The quantitative estimate of drug-likeness (QED) is 0.843. The van der Waals surface area contributed by atoms with Gasteiger partial charge in [-0.15, -0.1) is 0 Å². The largest absolute Gasteiger partial charge is 0.478 e. The van der Waals surface area contributed by atoms with Gasteiger partial charge in [0, 0.05) is 32.6 Å². The highest BCUT2D eigenvalue weighted by Gasteiger charge is 2.13. The van der Waals surface area contributed by atoms with Gasteiger partial charge in [-0.05, 0) is 37.5 Å². The monoisotopic (exact) mass is 306 g/mol. The number of nitrogens with zero attached hydrogens (tertiary/aromatic N) is 1. The Kier molecular flexibility index (Phi) is 6.10. The van der Waals surface area contributed by atoms with Crippen LogP contribution in [0, 0.1) is 13.8 Å². The Morgan fingerprint density at radius 1 is 1.09 bits per heavy atom. The van der Waals surface area contributed by atoms with Gasteiger partial charge in [0.15, 0.2) is 0 Å². The zero-order valence-electron chi connectivity index (χ0n) is 13.4. The van der Waals surface area contributed by atoms with E-state index < -0.39 is 5.97 Å². The molecule has 0 aliphatic heterocycles. The van der Waals surface area contributed by atoms with E-state index in [2.05, 4.69) is 5.32 Å². The zero-order chi connectivity index (χ0) is 16.9. The molecule has 6 heteroatoms. The molecule has 22 heavy (non-hydrogen) atoms. The molecular weight excluding hydrogens is 284 g/mol. The van der Waals surface area contributed by atoms with Crippen LogP contribution in [0.5, 0.6) is 0 Å². The van der Waals surface area contributed by atoms with Crippen molar-refractivity contribution in [1.29, 1.82) is 0 Å². The molecule has 2 amide bonds. The number of hydrogen-bond acceptors (Lipinski definition) is 3. The van der Waals surface area contributed by atoms with Crippen molar-refractivity contribution in [2.75, 3.05) is 19.4 Å². The van der Waals surface area contributed by atoms with Crippen LogP contribution in [0.1, 0.15) is 40.7 Å². The van der Waals surface area contributed by atoms with Crippen molar-refractivity contribution in [2.24, 2.45) is 0 Å².